The van der Waals surface area contributed by atoms with Crippen molar-refractivity contribution in [2.24, 2.45) is 13.0 Å². The average molecular weight is 306 g/mol. The Morgan fingerprint density at radius 2 is 2.18 bits per heavy atom. The molecular formula is C16H26N4O2. The SMILES string of the molecule is Cn1cc(C(=O)NCC2CNCC2O)c(C2CCCCC2)n1. The number of aliphatic hydroxyl groups is 1. The Labute approximate surface area is 131 Å². The molecule has 0 radical (unpaired) electrons. The third-order valence-corrected chi connectivity index (χ3v) is 4.92. The normalized spacial score (nSPS) is 26.3. The Bertz CT molecular complexity index is 522. The first-order chi connectivity index (χ1) is 10.6. The van der Waals surface area contributed by atoms with Crippen molar-refractivity contribution >= 4 is 5.91 Å². The Kier molecular flexibility index (Phi) is 4.78. The highest BCUT2D eigenvalue weighted by atomic mass is 16.3. The summed E-state index contributed by atoms with van der Waals surface area (Å²) in [7, 11) is 1.87. The van der Waals surface area contributed by atoms with Crippen molar-refractivity contribution in [3.05, 3.63) is 17.5 Å². The van der Waals surface area contributed by atoms with Crippen LogP contribution < -0.4 is 10.6 Å². The molecule has 0 bridgehead atoms. The summed E-state index contributed by atoms with van der Waals surface area (Å²) < 4.78 is 1.74. The Balaban J connectivity index is 1.66. The summed E-state index contributed by atoms with van der Waals surface area (Å²) in [6.45, 7) is 1.87. The lowest BCUT2D eigenvalue weighted by molar-refractivity contribution is 0.0925. The van der Waals surface area contributed by atoms with E-state index in [1.807, 2.05) is 13.2 Å². The quantitative estimate of drug-likeness (QED) is 0.768. The highest BCUT2D eigenvalue weighted by molar-refractivity contribution is 5.95. The molecule has 1 aliphatic heterocycles. The molecule has 1 aliphatic carbocycles. The van der Waals surface area contributed by atoms with Crippen LogP contribution >= 0.6 is 0 Å². The number of β-amino-alcohol motifs (C(OH)–C–C–N with tert-alkyl or cyclic N) is 1. The molecule has 0 aromatic carbocycles. The van der Waals surface area contributed by atoms with Crippen molar-refractivity contribution in [3.8, 4) is 0 Å². The molecule has 3 N–H and O–H groups in total. The van der Waals surface area contributed by atoms with Crippen LogP contribution in [0.1, 0.15) is 54.1 Å². The lowest BCUT2D eigenvalue weighted by atomic mass is 9.85. The molecule has 1 saturated carbocycles. The van der Waals surface area contributed by atoms with Crippen LogP contribution in [0.15, 0.2) is 6.20 Å². The predicted molar refractivity (Wildman–Crippen MR) is 83.7 cm³/mol. The third-order valence-electron chi connectivity index (χ3n) is 4.92. The summed E-state index contributed by atoms with van der Waals surface area (Å²) in [6, 6.07) is 0. The number of aliphatic hydroxyl groups excluding tert-OH is 1. The molecule has 2 fully saturated rings. The first-order valence-electron chi connectivity index (χ1n) is 8.35. The lowest BCUT2D eigenvalue weighted by Gasteiger charge is -2.21. The molecule has 6 nitrogen and oxygen atoms in total. The van der Waals surface area contributed by atoms with E-state index in [1.165, 1.54) is 19.3 Å². The Hall–Kier alpha value is -1.40. The van der Waals surface area contributed by atoms with Gasteiger partial charge in [0.25, 0.3) is 5.91 Å². The van der Waals surface area contributed by atoms with Crippen LogP contribution in [0.3, 0.4) is 0 Å². The summed E-state index contributed by atoms with van der Waals surface area (Å²) in [6.07, 6.45) is 7.45. The van der Waals surface area contributed by atoms with Crippen LogP contribution in [-0.2, 0) is 7.05 Å². The molecule has 122 valence electrons. The van der Waals surface area contributed by atoms with Gasteiger partial charge in [-0.2, -0.15) is 5.10 Å². The summed E-state index contributed by atoms with van der Waals surface area (Å²) >= 11 is 0. The predicted octanol–water partition coefficient (Wildman–Crippen LogP) is 0.778. The molecule has 2 atom stereocenters. The van der Waals surface area contributed by atoms with Crippen LogP contribution in [0.5, 0.6) is 0 Å². The second kappa shape index (κ2) is 6.79. The number of aromatic nitrogens is 2. The van der Waals surface area contributed by atoms with Gasteiger partial charge in [-0.15, -0.1) is 0 Å². The van der Waals surface area contributed by atoms with Gasteiger partial charge >= 0.3 is 0 Å². The van der Waals surface area contributed by atoms with Gasteiger partial charge in [-0.3, -0.25) is 9.48 Å². The van der Waals surface area contributed by atoms with E-state index in [4.69, 9.17) is 0 Å². The number of carbonyl (C=O) groups excluding carboxylic acids is 1. The van der Waals surface area contributed by atoms with Crippen molar-refractivity contribution in [3.63, 3.8) is 0 Å². The minimum atomic E-state index is -0.369. The molecule has 6 heteroatoms. The maximum Gasteiger partial charge on any atom is 0.254 e. The van der Waals surface area contributed by atoms with Crippen molar-refractivity contribution in [2.75, 3.05) is 19.6 Å². The van der Waals surface area contributed by atoms with Gasteiger partial charge in [-0.05, 0) is 12.8 Å². The molecule has 2 heterocycles. The van der Waals surface area contributed by atoms with Gasteiger partial charge in [0.15, 0.2) is 0 Å². The van der Waals surface area contributed by atoms with Crippen molar-refractivity contribution in [1.82, 2.24) is 20.4 Å². The molecule has 1 saturated heterocycles. The number of carbonyl (C=O) groups is 1. The van der Waals surface area contributed by atoms with E-state index >= 15 is 0 Å². The third kappa shape index (κ3) is 3.33. The van der Waals surface area contributed by atoms with E-state index in [0.29, 0.717) is 24.6 Å². The van der Waals surface area contributed by atoms with Crippen molar-refractivity contribution in [2.45, 2.75) is 44.1 Å². The van der Waals surface area contributed by atoms with Crippen molar-refractivity contribution < 1.29 is 9.90 Å². The number of rotatable bonds is 4. The first-order valence-corrected chi connectivity index (χ1v) is 8.35. The minimum Gasteiger partial charge on any atom is -0.391 e. The van der Waals surface area contributed by atoms with Crippen LogP contribution in [0.4, 0.5) is 0 Å². The molecule has 1 aromatic heterocycles. The molecular weight excluding hydrogens is 280 g/mol. The van der Waals surface area contributed by atoms with E-state index in [1.54, 1.807) is 4.68 Å². The first kappa shape index (κ1) is 15.5. The molecule has 1 amide bonds. The van der Waals surface area contributed by atoms with Crippen molar-refractivity contribution in [1.29, 1.82) is 0 Å². The highest BCUT2D eigenvalue weighted by Gasteiger charge is 2.28. The summed E-state index contributed by atoms with van der Waals surface area (Å²) in [5.74, 6) is 0.445. The fourth-order valence-electron chi connectivity index (χ4n) is 3.60. The smallest absolute Gasteiger partial charge is 0.254 e. The average Bonchev–Trinajstić information content (AvgIpc) is 3.11. The number of amides is 1. The standard InChI is InChI=1S/C16H26N4O2/c1-20-10-13(15(19-20)11-5-3-2-4-6-11)16(22)18-8-12-7-17-9-14(12)21/h10-12,14,17,21H,2-9H2,1H3,(H,18,22). The molecule has 0 spiro atoms. The second-order valence-electron chi connectivity index (χ2n) is 6.63. The Morgan fingerprint density at radius 3 is 2.86 bits per heavy atom. The van der Waals surface area contributed by atoms with E-state index < -0.39 is 0 Å². The number of nitrogens with one attached hydrogen (secondary N) is 2. The van der Waals surface area contributed by atoms with Gasteiger partial charge in [-0.1, -0.05) is 19.3 Å². The maximum absolute atomic E-state index is 12.5. The van der Waals surface area contributed by atoms with E-state index in [2.05, 4.69) is 15.7 Å². The van der Waals surface area contributed by atoms with E-state index in [-0.39, 0.29) is 17.9 Å². The number of hydrogen-bond acceptors (Lipinski definition) is 4. The van der Waals surface area contributed by atoms with Gasteiger partial charge in [0, 0.05) is 44.7 Å². The zero-order chi connectivity index (χ0) is 15.5. The molecule has 2 aliphatic rings. The molecule has 2 unspecified atom stereocenters. The van der Waals surface area contributed by atoms with Crippen LogP contribution in [-0.4, -0.2) is 46.5 Å². The van der Waals surface area contributed by atoms with Gasteiger partial charge < -0.3 is 15.7 Å². The van der Waals surface area contributed by atoms with E-state index in [9.17, 15) is 9.90 Å². The number of hydrogen-bond donors (Lipinski definition) is 3. The second-order valence-corrected chi connectivity index (χ2v) is 6.63. The Morgan fingerprint density at radius 1 is 1.41 bits per heavy atom. The van der Waals surface area contributed by atoms with E-state index in [0.717, 1.165) is 25.1 Å². The zero-order valence-electron chi connectivity index (χ0n) is 13.2. The summed E-state index contributed by atoms with van der Waals surface area (Å²) in [5.41, 5.74) is 1.65. The minimum absolute atomic E-state index is 0.0622. The topological polar surface area (TPSA) is 79.2 Å². The maximum atomic E-state index is 12.5. The van der Waals surface area contributed by atoms with Crippen LogP contribution in [0, 0.1) is 5.92 Å². The fraction of sp³-hybridized carbons (Fsp3) is 0.750. The van der Waals surface area contributed by atoms with Crippen LogP contribution in [0.2, 0.25) is 0 Å². The largest absolute Gasteiger partial charge is 0.391 e. The zero-order valence-corrected chi connectivity index (χ0v) is 13.2. The number of nitrogens with zero attached hydrogens (tertiary/aromatic N) is 2. The van der Waals surface area contributed by atoms with Gasteiger partial charge in [0.2, 0.25) is 0 Å². The molecule has 22 heavy (non-hydrogen) atoms. The fourth-order valence-corrected chi connectivity index (χ4v) is 3.60. The molecule has 3 rings (SSSR count). The summed E-state index contributed by atoms with van der Waals surface area (Å²) in [5, 5.41) is 20.5. The number of aryl methyl sites for hydroxylation is 1. The van der Waals surface area contributed by atoms with Gasteiger partial charge in [0.1, 0.15) is 0 Å². The summed E-state index contributed by atoms with van der Waals surface area (Å²) in [4.78, 5) is 12.5. The lowest BCUT2D eigenvalue weighted by Crippen LogP contribution is -2.34. The highest BCUT2D eigenvalue weighted by Crippen LogP contribution is 2.33. The van der Waals surface area contributed by atoms with Crippen LogP contribution in [0.25, 0.3) is 0 Å². The monoisotopic (exact) mass is 306 g/mol. The van der Waals surface area contributed by atoms with Gasteiger partial charge in [0.05, 0.1) is 17.4 Å². The molecule has 1 aromatic rings. The van der Waals surface area contributed by atoms with Gasteiger partial charge in [-0.25, -0.2) is 0 Å².